The molecule has 1 N–H and O–H groups in total. The number of halogens is 1. The molecular formula is C15H22FN3O. The lowest BCUT2D eigenvalue weighted by molar-refractivity contribution is 0.0252. The number of nitrogens with zero attached hydrogens (tertiary/aromatic N) is 2. The van der Waals surface area contributed by atoms with Crippen LogP contribution in [0.3, 0.4) is 0 Å². The zero-order valence-corrected chi connectivity index (χ0v) is 11.9. The minimum absolute atomic E-state index is 0.266. The number of rotatable bonds is 4. The summed E-state index contributed by atoms with van der Waals surface area (Å²) >= 11 is 0. The summed E-state index contributed by atoms with van der Waals surface area (Å²) in [7, 11) is 0. The van der Waals surface area contributed by atoms with E-state index in [0.29, 0.717) is 18.7 Å². The van der Waals surface area contributed by atoms with Crippen molar-refractivity contribution in [1.82, 2.24) is 10.3 Å². The van der Waals surface area contributed by atoms with Gasteiger partial charge in [0.1, 0.15) is 11.6 Å². The van der Waals surface area contributed by atoms with Crippen molar-refractivity contribution in [3.63, 3.8) is 0 Å². The maximum absolute atomic E-state index is 13.5. The molecule has 1 aromatic rings. The monoisotopic (exact) mass is 279 g/mol. The molecule has 5 heteroatoms. The van der Waals surface area contributed by atoms with Crippen LogP contribution >= 0.6 is 0 Å². The van der Waals surface area contributed by atoms with Crippen molar-refractivity contribution in [1.29, 1.82) is 0 Å². The Labute approximate surface area is 119 Å². The molecule has 0 aromatic carbocycles. The van der Waals surface area contributed by atoms with Crippen LogP contribution in [0.5, 0.6) is 0 Å². The van der Waals surface area contributed by atoms with Gasteiger partial charge in [0, 0.05) is 18.7 Å². The van der Waals surface area contributed by atoms with Gasteiger partial charge in [0.15, 0.2) is 0 Å². The summed E-state index contributed by atoms with van der Waals surface area (Å²) in [6.45, 7) is 5.16. The first kappa shape index (κ1) is 13.8. The van der Waals surface area contributed by atoms with Crippen molar-refractivity contribution < 1.29 is 9.13 Å². The third kappa shape index (κ3) is 2.65. The Balaban J connectivity index is 1.87. The second-order valence-electron chi connectivity index (χ2n) is 5.52. The van der Waals surface area contributed by atoms with Gasteiger partial charge in [0.25, 0.3) is 0 Å². The van der Waals surface area contributed by atoms with Gasteiger partial charge < -0.3 is 15.0 Å². The van der Waals surface area contributed by atoms with E-state index in [1.54, 1.807) is 6.07 Å². The fourth-order valence-corrected chi connectivity index (χ4v) is 3.31. The maximum Gasteiger partial charge on any atom is 0.141 e. The third-order valence-corrected chi connectivity index (χ3v) is 4.23. The Kier molecular flexibility index (Phi) is 4.17. The lowest BCUT2D eigenvalue weighted by Crippen LogP contribution is -2.49. The molecule has 110 valence electrons. The fourth-order valence-electron chi connectivity index (χ4n) is 3.31. The molecule has 4 nitrogen and oxygen atoms in total. The van der Waals surface area contributed by atoms with Crippen LogP contribution in [-0.4, -0.2) is 36.8 Å². The summed E-state index contributed by atoms with van der Waals surface area (Å²) < 4.78 is 19.3. The van der Waals surface area contributed by atoms with Gasteiger partial charge >= 0.3 is 0 Å². The summed E-state index contributed by atoms with van der Waals surface area (Å²) in [6.07, 6.45) is 5.12. The summed E-state index contributed by atoms with van der Waals surface area (Å²) in [4.78, 5) is 6.70. The van der Waals surface area contributed by atoms with E-state index in [0.717, 1.165) is 43.9 Å². The first-order valence-electron chi connectivity index (χ1n) is 7.53. The van der Waals surface area contributed by atoms with Crippen LogP contribution in [0, 0.1) is 5.82 Å². The predicted octanol–water partition coefficient (Wildman–Crippen LogP) is 2.09. The molecule has 2 unspecified atom stereocenters. The van der Waals surface area contributed by atoms with Gasteiger partial charge in [0.2, 0.25) is 0 Å². The molecule has 1 aliphatic heterocycles. The Morgan fingerprint density at radius 3 is 3.25 bits per heavy atom. The number of pyridine rings is 1. The van der Waals surface area contributed by atoms with Gasteiger partial charge in [0.05, 0.1) is 24.9 Å². The number of hydrogen-bond donors (Lipinski definition) is 1. The van der Waals surface area contributed by atoms with Crippen LogP contribution in [0.4, 0.5) is 10.2 Å². The molecule has 2 aliphatic rings. The largest absolute Gasteiger partial charge is 0.374 e. The van der Waals surface area contributed by atoms with Crippen LogP contribution in [0.1, 0.15) is 31.7 Å². The third-order valence-electron chi connectivity index (χ3n) is 4.23. The Bertz CT molecular complexity index is 468. The second kappa shape index (κ2) is 6.06. The highest BCUT2D eigenvalue weighted by Crippen LogP contribution is 2.33. The van der Waals surface area contributed by atoms with Crippen LogP contribution in [0.15, 0.2) is 12.3 Å². The van der Waals surface area contributed by atoms with Crippen molar-refractivity contribution in [2.24, 2.45) is 0 Å². The molecule has 0 radical (unpaired) electrons. The van der Waals surface area contributed by atoms with Crippen molar-refractivity contribution in [3.8, 4) is 0 Å². The van der Waals surface area contributed by atoms with E-state index in [1.807, 2.05) is 6.92 Å². The molecule has 0 spiro atoms. The quantitative estimate of drug-likeness (QED) is 0.916. The molecule has 3 rings (SSSR count). The van der Waals surface area contributed by atoms with Gasteiger partial charge in [-0.05, 0) is 31.9 Å². The Morgan fingerprint density at radius 2 is 2.40 bits per heavy atom. The van der Waals surface area contributed by atoms with Crippen LogP contribution < -0.4 is 10.2 Å². The Hall–Kier alpha value is -1.20. The first-order chi connectivity index (χ1) is 9.79. The average molecular weight is 279 g/mol. The molecule has 1 aliphatic carbocycles. The normalized spacial score (nSPS) is 25.8. The predicted molar refractivity (Wildman–Crippen MR) is 76.3 cm³/mol. The molecule has 2 atom stereocenters. The standard InChI is InChI=1S/C15H22FN3O/c1-2-17-9-11-8-12(16)10-18-15(11)19-6-7-20-14-5-3-4-13(14)19/h8,10,13-14,17H,2-7,9H2,1H3. The molecule has 1 saturated heterocycles. The topological polar surface area (TPSA) is 37.4 Å². The summed E-state index contributed by atoms with van der Waals surface area (Å²) in [5.74, 6) is 0.658. The molecule has 1 saturated carbocycles. The van der Waals surface area contributed by atoms with E-state index in [9.17, 15) is 4.39 Å². The molecule has 2 heterocycles. The summed E-state index contributed by atoms with van der Waals surface area (Å²) in [6, 6.07) is 2.01. The van der Waals surface area contributed by atoms with Gasteiger partial charge in [-0.3, -0.25) is 0 Å². The van der Waals surface area contributed by atoms with Crippen LogP contribution in [0.25, 0.3) is 0 Å². The number of morpholine rings is 1. The van der Waals surface area contributed by atoms with Gasteiger partial charge in [-0.2, -0.15) is 0 Å². The average Bonchev–Trinajstić information content (AvgIpc) is 2.94. The van der Waals surface area contributed by atoms with Crippen LogP contribution in [0.2, 0.25) is 0 Å². The zero-order valence-electron chi connectivity index (χ0n) is 11.9. The van der Waals surface area contributed by atoms with E-state index < -0.39 is 0 Å². The number of ether oxygens (including phenoxy) is 1. The highest BCUT2D eigenvalue weighted by atomic mass is 19.1. The van der Waals surface area contributed by atoms with Crippen molar-refractivity contribution in [2.45, 2.75) is 44.9 Å². The number of nitrogens with one attached hydrogen (secondary N) is 1. The SMILES string of the molecule is CCNCc1cc(F)cnc1N1CCOC2CCCC21. The molecule has 0 amide bonds. The minimum Gasteiger partial charge on any atom is -0.374 e. The van der Waals surface area contributed by atoms with E-state index in [4.69, 9.17) is 4.74 Å². The number of aromatic nitrogens is 1. The van der Waals surface area contributed by atoms with Crippen molar-refractivity contribution in [2.75, 3.05) is 24.6 Å². The van der Waals surface area contributed by atoms with Crippen molar-refractivity contribution >= 4 is 5.82 Å². The summed E-state index contributed by atoms with van der Waals surface area (Å²) in [5.41, 5.74) is 0.944. The lowest BCUT2D eigenvalue weighted by Gasteiger charge is -2.39. The zero-order chi connectivity index (χ0) is 13.9. The van der Waals surface area contributed by atoms with E-state index in [1.165, 1.54) is 12.6 Å². The summed E-state index contributed by atoms with van der Waals surface area (Å²) in [5, 5.41) is 3.27. The van der Waals surface area contributed by atoms with Gasteiger partial charge in [-0.25, -0.2) is 9.37 Å². The molecule has 0 bridgehead atoms. The maximum atomic E-state index is 13.5. The number of anilines is 1. The molecule has 2 fully saturated rings. The highest BCUT2D eigenvalue weighted by molar-refractivity contribution is 5.49. The number of hydrogen-bond acceptors (Lipinski definition) is 4. The van der Waals surface area contributed by atoms with E-state index in [-0.39, 0.29) is 5.82 Å². The smallest absolute Gasteiger partial charge is 0.141 e. The van der Waals surface area contributed by atoms with Gasteiger partial charge in [-0.15, -0.1) is 0 Å². The van der Waals surface area contributed by atoms with Crippen LogP contribution in [-0.2, 0) is 11.3 Å². The van der Waals surface area contributed by atoms with E-state index >= 15 is 0 Å². The number of fused-ring (bicyclic) bond motifs is 1. The molecule has 1 aromatic heterocycles. The molecule has 20 heavy (non-hydrogen) atoms. The molecular weight excluding hydrogens is 257 g/mol. The van der Waals surface area contributed by atoms with Gasteiger partial charge in [-0.1, -0.05) is 6.92 Å². The Morgan fingerprint density at radius 1 is 1.50 bits per heavy atom. The first-order valence-corrected chi connectivity index (χ1v) is 7.53. The highest BCUT2D eigenvalue weighted by Gasteiger charge is 2.37. The second-order valence-corrected chi connectivity index (χ2v) is 5.52. The lowest BCUT2D eigenvalue weighted by atomic mass is 10.1. The minimum atomic E-state index is -0.266. The van der Waals surface area contributed by atoms with Crippen molar-refractivity contribution in [3.05, 3.63) is 23.6 Å². The fraction of sp³-hybridized carbons (Fsp3) is 0.667. The van der Waals surface area contributed by atoms with E-state index in [2.05, 4.69) is 15.2 Å².